The lowest BCUT2D eigenvalue weighted by molar-refractivity contribution is 0.479. The molecule has 1 aliphatic rings. The van der Waals surface area contributed by atoms with Crippen molar-refractivity contribution in [1.29, 1.82) is 0 Å². The monoisotopic (exact) mass is 404 g/mol. The summed E-state index contributed by atoms with van der Waals surface area (Å²) in [5.74, 6) is 2.98. The van der Waals surface area contributed by atoms with Crippen molar-refractivity contribution in [2.75, 3.05) is 16.6 Å². The molecule has 1 saturated heterocycles. The fourth-order valence-electron chi connectivity index (χ4n) is 3.48. The van der Waals surface area contributed by atoms with Gasteiger partial charge in [-0.15, -0.1) is 0 Å². The molecule has 8 heteroatoms. The Morgan fingerprint density at radius 1 is 1.07 bits per heavy atom. The Balaban J connectivity index is 1.57. The van der Waals surface area contributed by atoms with Crippen molar-refractivity contribution in [2.45, 2.75) is 19.3 Å². The van der Waals surface area contributed by atoms with Gasteiger partial charge in [0, 0.05) is 30.3 Å². The highest BCUT2D eigenvalue weighted by Crippen LogP contribution is 2.39. The van der Waals surface area contributed by atoms with E-state index in [2.05, 4.69) is 24.5 Å². The molecule has 1 fully saturated rings. The summed E-state index contributed by atoms with van der Waals surface area (Å²) in [4.78, 5) is 13.8. The Labute approximate surface area is 172 Å². The van der Waals surface area contributed by atoms with Gasteiger partial charge in [-0.2, -0.15) is 5.10 Å². The number of aromatic nitrogens is 5. The standard InChI is InChI=1S/C21H20N6OS/c28-19-17-15(9-6-10-22-17)21(27-11-4-5-12-29-27)24-18(19)20-23-16(25-26-20)13-14-7-2-1-3-8-14/h1-3,6-10,28H,4-5,11-13H2,(H,23,25,26). The molecule has 0 spiro atoms. The number of hydrogen-bond donors (Lipinski definition) is 2. The van der Waals surface area contributed by atoms with E-state index < -0.39 is 0 Å². The van der Waals surface area contributed by atoms with Crippen molar-refractivity contribution >= 4 is 28.7 Å². The van der Waals surface area contributed by atoms with Crippen LogP contribution in [0.2, 0.25) is 0 Å². The van der Waals surface area contributed by atoms with E-state index in [1.54, 1.807) is 18.1 Å². The Morgan fingerprint density at radius 2 is 1.97 bits per heavy atom. The third-order valence-corrected chi connectivity index (χ3v) is 6.05. The van der Waals surface area contributed by atoms with E-state index in [1.165, 1.54) is 6.42 Å². The van der Waals surface area contributed by atoms with E-state index in [-0.39, 0.29) is 5.75 Å². The number of rotatable bonds is 4. The topological polar surface area (TPSA) is 90.8 Å². The summed E-state index contributed by atoms with van der Waals surface area (Å²) in [6, 6.07) is 13.9. The van der Waals surface area contributed by atoms with E-state index in [4.69, 9.17) is 4.98 Å². The molecule has 1 aromatic carbocycles. The molecular formula is C21H20N6OS. The second kappa shape index (κ2) is 7.71. The highest BCUT2D eigenvalue weighted by molar-refractivity contribution is 8.00. The van der Waals surface area contributed by atoms with Gasteiger partial charge in [-0.25, -0.2) is 9.97 Å². The summed E-state index contributed by atoms with van der Waals surface area (Å²) >= 11 is 1.76. The molecule has 5 rings (SSSR count). The summed E-state index contributed by atoms with van der Waals surface area (Å²) in [6.45, 7) is 0.916. The van der Waals surface area contributed by atoms with E-state index in [9.17, 15) is 5.11 Å². The molecule has 0 aliphatic carbocycles. The number of nitrogens with zero attached hydrogens (tertiary/aromatic N) is 5. The zero-order valence-corrected chi connectivity index (χ0v) is 16.6. The summed E-state index contributed by atoms with van der Waals surface area (Å²) in [5.41, 5.74) is 2.01. The van der Waals surface area contributed by atoms with E-state index in [0.29, 0.717) is 23.5 Å². The van der Waals surface area contributed by atoms with Gasteiger partial charge in [-0.3, -0.25) is 10.1 Å². The molecule has 0 bridgehead atoms. The molecule has 29 heavy (non-hydrogen) atoms. The van der Waals surface area contributed by atoms with Crippen LogP contribution in [-0.4, -0.2) is 42.6 Å². The lowest BCUT2D eigenvalue weighted by atomic mass is 10.1. The highest BCUT2D eigenvalue weighted by atomic mass is 32.2. The van der Waals surface area contributed by atoms with Gasteiger partial charge in [-0.1, -0.05) is 30.3 Å². The smallest absolute Gasteiger partial charge is 0.203 e. The lowest BCUT2D eigenvalue weighted by Gasteiger charge is -2.27. The van der Waals surface area contributed by atoms with Crippen LogP contribution in [0.1, 0.15) is 24.2 Å². The molecule has 3 aromatic heterocycles. The molecule has 4 aromatic rings. The number of nitrogens with one attached hydrogen (secondary N) is 1. The Hall–Kier alpha value is -3.13. The van der Waals surface area contributed by atoms with Crippen LogP contribution in [0.3, 0.4) is 0 Å². The summed E-state index contributed by atoms with van der Waals surface area (Å²) in [5, 5.41) is 19.0. The summed E-state index contributed by atoms with van der Waals surface area (Å²) < 4.78 is 2.19. The maximum atomic E-state index is 10.9. The average molecular weight is 404 g/mol. The van der Waals surface area contributed by atoms with Crippen LogP contribution in [0.25, 0.3) is 22.4 Å². The number of anilines is 1. The maximum Gasteiger partial charge on any atom is 0.203 e. The minimum absolute atomic E-state index is 0.0108. The minimum Gasteiger partial charge on any atom is -0.504 e. The van der Waals surface area contributed by atoms with E-state index in [0.717, 1.165) is 41.3 Å². The van der Waals surface area contributed by atoms with Gasteiger partial charge in [0.25, 0.3) is 0 Å². The van der Waals surface area contributed by atoms with Gasteiger partial charge in [0.05, 0.1) is 0 Å². The number of aromatic amines is 1. The molecule has 0 saturated carbocycles. The van der Waals surface area contributed by atoms with Crippen LogP contribution in [0.15, 0.2) is 48.7 Å². The molecule has 1 aliphatic heterocycles. The molecule has 7 nitrogen and oxygen atoms in total. The van der Waals surface area contributed by atoms with Crippen LogP contribution < -0.4 is 4.31 Å². The average Bonchev–Trinajstić information content (AvgIpc) is 3.24. The normalized spacial score (nSPS) is 14.4. The quantitative estimate of drug-likeness (QED) is 0.498. The van der Waals surface area contributed by atoms with Gasteiger partial charge in [0.15, 0.2) is 11.4 Å². The van der Waals surface area contributed by atoms with Gasteiger partial charge >= 0.3 is 0 Å². The fourth-order valence-corrected chi connectivity index (χ4v) is 4.56. The van der Waals surface area contributed by atoms with Crippen molar-refractivity contribution in [1.82, 2.24) is 25.1 Å². The zero-order chi connectivity index (χ0) is 19.6. The van der Waals surface area contributed by atoms with E-state index >= 15 is 0 Å². The molecular weight excluding hydrogens is 384 g/mol. The number of fused-ring (bicyclic) bond motifs is 1. The molecule has 0 unspecified atom stereocenters. The van der Waals surface area contributed by atoms with Crippen LogP contribution in [0.4, 0.5) is 5.82 Å². The molecule has 4 heterocycles. The second-order valence-electron chi connectivity index (χ2n) is 6.94. The first kappa shape index (κ1) is 17.9. The van der Waals surface area contributed by atoms with Crippen LogP contribution >= 0.6 is 11.9 Å². The maximum absolute atomic E-state index is 10.9. The second-order valence-corrected chi connectivity index (χ2v) is 8.05. The van der Waals surface area contributed by atoms with Gasteiger partial charge in [0.2, 0.25) is 5.82 Å². The Bertz CT molecular complexity index is 1140. The van der Waals surface area contributed by atoms with Crippen molar-refractivity contribution in [3.63, 3.8) is 0 Å². The highest BCUT2D eigenvalue weighted by Gasteiger charge is 2.23. The molecule has 146 valence electrons. The van der Waals surface area contributed by atoms with Gasteiger partial charge < -0.3 is 9.41 Å². The van der Waals surface area contributed by atoms with Crippen LogP contribution in [-0.2, 0) is 6.42 Å². The van der Waals surface area contributed by atoms with Crippen molar-refractivity contribution in [3.8, 4) is 17.3 Å². The molecule has 0 radical (unpaired) electrons. The number of hydrogen-bond acceptors (Lipinski definition) is 7. The van der Waals surface area contributed by atoms with E-state index in [1.807, 2.05) is 42.5 Å². The SMILES string of the molecule is Oc1c(-c2n[nH]c(Cc3ccccc3)n2)nc(N2CCCCS2)c2cccnc12. The number of pyridine rings is 2. The third kappa shape index (κ3) is 3.51. The third-order valence-electron chi connectivity index (χ3n) is 4.91. The Kier molecular flexibility index (Phi) is 4.77. The Morgan fingerprint density at radius 3 is 2.79 bits per heavy atom. The predicted octanol–water partition coefficient (Wildman–Crippen LogP) is 3.96. The number of H-pyrrole nitrogens is 1. The molecule has 2 N–H and O–H groups in total. The number of aromatic hydroxyl groups is 1. The fraction of sp³-hybridized carbons (Fsp3) is 0.238. The van der Waals surface area contributed by atoms with Crippen LogP contribution in [0, 0.1) is 0 Å². The summed E-state index contributed by atoms with van der Waals surface area (Å²) in [6.07, 6.45) is 4.63. The largest absolute Gasteiger partial charge is 0.504 e. The number of benzene rings is 1. The first-order chi connectivity index (χ1) is 14.3. The summed E-state index contributed by atoms with van der Waals surface area (Å²) in [7, 11) is 0. The minimum atomic E-state index is 0.0108. The van der Waals surface area contributed by atoms with Gasteiger partial charge in [-0.05, 0) is 42.5 Å². The van der Waals surface area contributed by atoms with Gasteiger partial charge in [0.1, 0.15) is 17.2 Å². The first-order valence-electron chi connectivity index (χ1n) is 9.63. The van der Waals surface area contributed by atoms with Crippen molar-refractivity contribution in [2.24, 2.45) is 0 Å². The van der Waals surface area contributed by atoms with Crippen LogP contribution in [0.5, 0.6) is 5.75 Å². The zero-order valence-electron chi connectivity index (χ0n) is 15.7. The molecule has 0 atom stereocenters. The first-order valence-corrected chi connectivity index (χ1v) is 10.6. The van der Waals surface area contributed by atoms with Crippen molar-refractivity contribution in [3.05, 3.63) is 60.0 Å². The van der Waals surface area contributed by atoms with Crippen molar-refractivity contribution < 1.29 is 5.11 Å². The lowest BCUT2D eigenvalue weighted by Crippen LogP contribution is -2.22. The molecule has 0 amide bonds. The predicted molar refractivity (Wildman–Crippen MR) is 115 cm³/mol.